The molecule has 8 heteroatoms. The number of benzene rings is 2. The molecule has 28 heavy (non-hydrogen) atoms. The summed E-state index contributed by atoms with van der Waals surface area (Å²) in [4.78, 5) is 17.7. The third-order valence-electron chi connectivity index (χ3n) is 4.16. The summed E-state index contributed by atoms with van der Waals surface area (Å²) in [6, 6.07) is 8.76. The van der Waals surface area contributed by atoms with E-state index in [2.05, 4.69) is 26.0 Å². The van der Waals surface area contributed by atoms with Gasteiger partial charge in [-0.05, 0) is 24.3 Å². The van der Waals surface area contributed by atoms with Gasteiger partial charge in [-0.15, -0.1) is 0 Å². The summed E-state index contributed by atoms with van der Waals surface area (Å²) >= 11 is 9.72. The second kappa shape index (κ2) is 8.32. The lowest BCUT2D eigenvalue weighted by Crippen LogP contribution is -2.23. The molecular formula is C20H19BrClN3O3. The first kappa shape index (κ1) is 20.4. The van der Waals surface area contributed by atoms with E-state index in [0.29, 0.717) is 38.8 Å². The van der Waals surface area contributed by atoms with Gasteiger partial charge in [0.25, 0.3) is 5.56 Å². The van der Waals surface area contributed by atoms with E-state index < -0.39 is 0 Å². The van der Waals surface area contributed by atoms with Crippen molar-refractivity contribution in [2.75, 3.05) is 14.2 Å². The van der Waals surface area contributed by atoms with Crippen LogP contribution in [0.1, 0.15) is 31.2 Å². The van der Waals surface area contributed by atoms with Crippen LogP contribution in [0.2, 0.25) is 5.02 Å². The van der Waals surface area contributed by atoms with Gasteiger partial charge >= 0.3 is 0 Å². The van der Waals surface area contributed by atoms with Gasteiger partial charge in [0.05, 0.1) is 36.4 Å². The number of methoxy groups -OCH3 is 2. The molecule has 1 aromatic heterocycles. The van der Waals surface area contributed by atoms with Gasteiger partial charge in [-0.1, -0.05) is 41.4 Å². The van der Waals surface area contributed by atoms with Crippen molar-refractivity contribution in [2.45, 2.75) is 19.8 Å². The van der Waals surface area contributed by atoms with Crippen LogP contribution in [0.3, 0.4) is 0 Å². The van der Waals surface area contributed by atoms with Crippen molar-refractivity contribution in [1.29, 1.82) is 0 Å². The maximum atomic E-state index is 13.0. The Bertz CT molecular complexity index is 1130. The Morgan fingerprint density at radius 1 is 1.18 bits per heavy atom. The molecule has 0 amide bonds. The van der Waals surface area contributed by atoms with Crippen LogP contribution in [-0.2, 0) is 0 Å². The Morgan fingerprint density at radius 2 is 1.86 bits per heavy atom. The summed E-state index contributed by atoms with van der Waals surface area (Å²) in [5.74, 6) is 1.60. The number of hydrogen-bond donors (Lipinski definition) is 0. The zero-order chi connectivity index (χ0) is 20.4. The molecule has 0 atom stereocenters. The molecule has 0 fully saturated rings. The zero-order valence-corrected chi connectivity index (χ0v) is 18.2. The highest BCUT2D eigenvalue weighted by atomic mass is 79.9. The summed E-state index contributed by atoms with van der Waals surface area (Å²) in [6.07, 6.45) is 1.52. The molecule has 0 aliphatic rings. The Kier molecular flexibility index (Phi) is 6.05. The van der Waals surface area contributed by atoms with E-state index in [9.17, 15) is 4.79 Å². The summed E-state index contributed by atoms with van der Waals surface area (Å²) < 4.78 is 12.7. The van der Waals surface area contributed by atoms with Crippen molar-refractivity contribution in [3.8, 4) is 11.5 Å². The summed E-state index contributed by atoms with van der Waals surface area (Å²) in [5.41, 5.74) is 0.977. The van der Waals surface area contributed by atoms with Gasteiger partial charge in [0.1, 0.15) is 5.82 Å². The normalized spacial score (nSPS) is 11.5. The van der Waals surface area contributed by atoms with Gasteiger partial charge in [0.2, 0.25) is 0 Å². The molecule has 0 unspecified atom stereocenters. The first-order valence-corrected chi connectivity index (χ1v) is 9.71. The van der Waals surface area contributed by atoms with E-state index >= 15 is 0 Å². The molecule has 0 spiro atoms. The lowest BCUT2D eigenvalue weighted by Gasteiger charge is -2.12. The highest BCUT2D eigenvalue weighted by Crippen LogP contribution is 2.32. The van der Waals surface area contributed by atoms with E-state index in [1.54, 1.807) is 25.3 Å². The molecule has 3 rings (SSSR count). The quantitative estimate of drug-likeness (QED) is 0.507. The fraction of sp³-hybridized carbons (Fsp3) is 0.250. The molecule has 0 radical (unpaired) electrons. The van der Waals surface area contributed by atoms with E-state index in [-0.39, 0.29) is 11.5 Å². The van der Waals surface area contributed by atoms with E-state index in [1.165, 1.54) is 18.0 Å². The van der Waals surface area contributed by atoms with Gasteiger partial charge < -0.3 is 9.47 Å². The summed E-state index contributed by atoms with van der Waals surface area (Å²) in [7, 11) is 3.08. The first-order valence-electron chi connectivity index (χ1n) is 8.53. The zero-order valence-electron chi connectivity index (χ0n) is 15.9. The van der Waals surface area contributed by atoms with Crippen LogP contribution in [0.4, 0.5) is 0 Å². The highest BCUT2D eigenvalue weighted by Gasteiger charge is 2.14. The maximum absolute atomic E-state index is 13.0. The van der Waals surface area contributed by atoms with Crippen LogP contribution in [0.5, 0.6) is 11.5 Å². The largest absolute Gasteiger partial charge is 0.493 e. The van der Waals surface area contributed by atoms with Crippen molar-refractivity contribution in [1.82, 2.24) is 9.66 Å². The minimum absolute atomic E-state index is 0.00114. The number of ether oxygens (including phenoxy) is 2. The molecule has 0 saturated carbocycles. The van der Waals surface area contributed by atoms with E-state index in [0.717, 1.165) is 4.47 Å². The topological polar surface area (TPSA) is 65.7 Å². The highest BCUT2D eigenvalue weighted by molar-refractivity contribution is 9.10. The Balaban J connectivity index is 2.17. The maximum Gasteiger partial charge on any atom is 0.282 e. The molecule has 0 aliphatic carbocycles. The van der Waals surface area contributed by atoms with Crippen molar-refractivity contribution >= 4 is 44.6 Å². The van der Waals surface area contributed by atoms with Crippen molar-refractivity contribution in [3.05, 3.63) is 61.6 Å². The van der Waals surface area contributed by atoms with Crippen molar-refractivity contribution in [2.24, 2.45) is 5.10 Å². The summed E-state index contributed by atoms with van der Waals surface area (Å²) in [5, 5.41) is 5.30. The molecular weight excluding hydrogens is 446 g/mol. The number of halogens is 2. The smallest absolute Gasteiger partial charge is 0.282 e. The first-order chi connectivity index (χ1) is 13.3. The van der Waals surface area contributed by atoms with Gasteiger partial charge in [-0.2, -0.15) is 9.78 Å². The van der Waals surface area contributed by atoms with Crippen LogP contribution in [-0.4, -0.2) is 30.1 Å². The molecule has 0 aliphatic heterocycles. The second-order valence-corrected chi connectivity index (χ2v) is 7.70. The number of aromatic nitrogens is 2. The second-order valence-electron chi connectivity index (χ2n) is 6.38. The van der Waals surface area contributed by atoms with Gasteiger partial charge in [0, 0.05) is 22.0 Å². The molecule has 1 heterocycles. The van der Waals surface area contributed by atoms with Crippen LogP contribution < -0.4 is 15.0 Å². The molecule has 0 saturated heterocycles. The monoisotopic (exact) mass is 463 g/mol. The SMILES string of the molecule is COc1cc(Cl)c(C=Nn2c(C(C)C)nc3ccc(Br)cc3c2=O)cc1OC. The molecule has 2 aromatic carbocycles. The predicted molar refractivity (Wildman–Crippen MR) is 115 cm³/mol. The van der Waals surface area contributed by atoms with Crippen LogP contribution >= 0.6 is 27.5 Å². The lowest BCUT2D eigenvalue weighted by atomic mass is 10.2. The van der Waals surface area contributed by atoms with Crippen LogP contribution in [0.15, 0.2) is 44.7 Å². The van der Waals surface area contributed by atoms with Gasteiger partial charge in [-0.25, -0.2) is 4.98 Å². The van der Waals surface area contributed by atoms with Gasteiger partial charge in [0.15, 0.2) is 11.5 Å². The Morgan fingerprint density at radius 3 is 2.50 bits per heavy atom. The fourth-order valence-electron chi connectivity index (χ4n) is 2.74. The molecule has 146 valence electrons. The number of nitrogens with zero attached hydrogens (tertiary/aromatic N) is 3. The van der Waals surface area contributed by atoms with Crippen molar-refractivity contribution in [3.63, 3.8) is 0 Å². The molecule has 6 nitrogen and oxygen atoms in total. The predicted octanol–water partition coefficient (Wildman–Crippen LogP) is 4.84. The summed E-state index contributed by atoms with van der Waals surface area (Å²) in [6.45, 7) is 3.92. The minimum Gasteiger partial charge on any atom is -0.493 e. The van der Waals surface area contributed by atoms with Gasteiger partial charge in [-0.3, -0.25) is 4.79 Å². The lowest BCUT2D eigenvalue weighted by molar-refractivity contribution is 0.355. The van der Waals surface area contributed by atoms with E-state index in [4.69, 9.17) is 21.1 Å². The fourth-order valence-corrected chi connectivity index (χ4v) is 3.30. The van der Waals surface area contributed by atoms with Crippen molar-refractivity contribution < 1.29 is 9.47 Å². The third-order valence-corrected chi connectivity index (χ3v) is 4.99. The average molecular weight is 465 g/mol. The number of fused-ring (bicyclic) bond motifs is 1. The Hall–Kier alpha value is -2.38. The standard InChI is InChI=1S/C20H19BrClN3O3/c1-11(2)19-24-16-6-5-13(21)8-14(16)20(26)25(19)23-10-12-7-17(27-3)18(28-4)9-15(12)22/h5-11H,1-4H3. The average Bonchev–Trinajstić information content (AvgIpc) is 2.67. The van der Waals surface area contributed by atoms with Crippen LogP contribution in [0, 0.1) is 0 Å². The number of hydrogen-bond acceptors (Lipinski definition) is 5. The molecule has 0 N–H and O–H groups in total. The third kappa shape index (κ3) is 3.91. The molecule has 3 aromatic rings. The van der Waals surface area contributed by atoms with Crippen LogP contribution in [0.25, 0.3) is 10.9 Å². The van der Waals surface area contributed by atoms with E-state index in [1.807, 2.05) is 26.0 Å². The number of rotatable bonds is 5. The minimum atomic E-state index is -0.247. The Labute approximate surface area is 175 Å². The molecule has 0 bridgehead atoms.